The second-order valence-electron chi connectivity index (χ2n) is 6.32. The molecular formula is C21H26N4O. The van der Waals surface area contributed by atoms with Crippen molar-refractivity contribution in [3.05, 3.63) is 54.5 Å². The van der Waals surface area contributed by atoms with Gasteiger partial charge in [0.1, 0.15) is 12.1 Å². The topological polar surface area (TPSA) is 59.1 Å². The lowest BCUT2D eigenvalue weighted by Gasteiger charge is -2.17. The summed E-state index contributed by atoms with van der Waals surface area (Å²) in [5.41, 5.74) is 4.03. The van der Waals surface area contributed by atoms with Crippen LogP contribution in [0.15, 0.2) is 48.9 Å². The van der Waals surface area contributed by atoms with E-state index in [1.54, 1.807) is 13.4 Å². The number of anilines is 2. The van der Waals surface area contributed by atoms with Gasteiger partial charge >= 0.3 is 0 Å². The third-order valence-corrected chi connectivity index (χ3v) is 4.66. The summed E-state index contributed by atoms with van der Waals surface area (Å²) in [5.74, 6) is 0.810. The Balaban J connectivity index is 1.87. The Morgan fingerprint density at radius 3 is 2.69 bits per heavy atom. The van der Waals surface area contributed by atoms with Crippen LogP contribution in [0.3, 0.4) is 0 Å². The second-order valence-corrected chi connectivity index (χ2v) is 6.32. The van der Waals surface area contributed by atoms with Crippen molar-refractivity contribution in [2.75, 3.05) is 12.4 Å². The predicted molar refractivity (Wildman–Crippen MR) is 107 cm³/mol. The molecule has 0 atom stereocenters. The molecule has 2 N–H and O–H groups in total. The molecule has 0 radical (unpaired) electrons. The molecule has 136 valence electrons. The van der Waals surface area contributed by atoms with E-state index in [4.69, 9.17) is 4.74 Å². The van der Waals surface area contributed by atoms with Crippen molar-refractivity contribution in [2.45, 2.75) is 39.3 Å². The fourth-order valence-corrected chi connectivity index (χ4v) is 3.06. The highest BCUT2D eigenvalue weighted by molar-refractivity contribution is 5.92. The van der Waals surface area contributed by atoms with E-state index in [-0.39, 0.29) is 0 Å². The molecule has 5 nitrogen and oxygen atoms in total. The Morgan fingerprint density at radius 1 is 1.08 bits per heavy atom. The Bertz CT molecular complexity index is 856. The van der Waals surface area contributed by atoms with Gasteiger partial charge in [-0.05, 0) is 42.7 Å². The summed E-state index contributed by atoms with van der Waals surface area (Å²) in [6.45, 7) is 5.26. The van der Waals surface area contributed by atoms with Crippen LogP contribution in [0, 0.1) is 0 Å². The van der Waals surface area contributed by atoms with Crippen molar-refractivity contribution in [1.82, 2.24) is 15.3 Å². The number of aromatic nitrogens is 2. The number of hydrogen-bond donors (Lipinski definition) is 2. The average Bonchev–Trinajstić information content (AvgIpc) is 2.69. The van der Waals surface area contributed by atoms with Crippen LogP contribution in [0.2, 0.25) is 0 Å². The molecule has 0 bridgehead atoms. The molecule has 0 spiro atoms. The van der Waals surface area contributed by atoms with Crippen LogP contribution < -0.4 is 15.4 Å². The molecule has 3 aromatic rings. The molecule has 1 heterocycles. The maximum atomic E-state index is 5.54. The van der Waals surface area contributed by atoms with Crippen LogP contribution in [0.4, 0.5) is 11.4 Å². The first-order chi connectivity index (χ1) is 12.7. The molecule has 0 amide bonds. The number of rotatable bonds is 8. The van der Waals surface area contributed by atoms with E-state index in [1.807, 2.05) is 30.5 Å². The number of fused-ring (bicyclic) bond motifs is 1. The minimum Gasteiger partial charge on any atom is -0.495 e. The average molecular weight is 350 g/mol. The highest BCUT2D eigenvalue weighted by atomic mass is 16.5. The molecule has 1 aromatic heterocycles. The number of hydrogen-bond acceptors (Lipinski definition) is 5. The van der Waals surface area contributed by atoms with Crippen LogP contribution in [0.25, 0.3) is 10.9 Å². The zero-order valence-corrected chi connectivity index (χ0v) is 15.6. The van der Waals surface area contributed by atoms with Gasteiger partial charge in [-0.25, -0.2) is 9.97 Å². The molecular weight excluding hydrogens is 324 g/mol. The first-order valence-electron chi connectivity index (χ1n) is 9.11. The largest absolute Gasteiger partial charge is 0.495 e. The third kappa shape index (κ3) is 4.11. The highest BCUT2D eigenvalue weighted by Crippen LogP contribution is 2.31. The summed E-state index contributed by atoms with van der Waals surface area (Å²) in [6.07, 6.45) is 5.66. The SMILES string of the molecule is CCC(CC)NCc1ccc(OC)c(Nc2cccc3ncncc23)c1. The number of nitrogens with zero attached hydrogens (tertiary/aromatic N) is 2. The van der Waals surface area contributed by atoms with Crippen LogP contribution in [-0.2, 0) is 6.54 Å². The smallest absolute Gasteiger partial charge is 0.142 e. The van der Waals surface area contributed by atoms with Gasteiger partial charge < -0.3 is 15.4 Å². The molecule has 26 heavy (non-hydrogen) atoms. The molecule has 5 heteroatoms. The molecule has 0 saturated carbocycles. The van der Waals surface area contributed by atoms with Crippen molar-refractivity contribution in [3.8, 4) is 5.75 Å². The van der Waals surface area contributed by atoms with Gasteiger partial charge in [0.05, 0.1) is 18.3 Å². The van der Waals surface area contributed by atoms with E-state index < -0.39 is 0 Å². The molecule has 0 unspecified atom stereocenters. The summed E-state index contributed by atoms with van der Waals surface area (Å²) in [6, 6.07) is 12.8. The van der Waals surface area contributed by atoms with E-state index in [0.29, 0.717) is 6.04 Å². The first kappa shape index (κ1) is 18.1. The zero-order valence-electron chi connectivity index (χ0n) is 15.6. The molecule has 0 aliphatic carbocycles. The van der Waals surface area contributed by atoms with Gasteiger partial charge in [0.25, 0.3) is 0 Å². The van der Waals surface area contributed by atoms with E-state index in [2.05, 4.69) is 46.6 Å². The fraction of sp³-hybridized carbons (Fsp3) is 0.333. The van der Waals surface area contributed by atoms with Crippen LogP contribution >= 0.6 is 0 Å². The van der Waals surface area contributed by atoms with Crippen molar-refractivity contribution < 1.29 is 4.74 Å². The van der Waals surface area contributed by atoms with Crippen LogP contribution in [0.5, 0.6) is 5.75 Å². The van der Waals surface area contributed by atoms with E-state index in [0.717, 1.165) is 47.4 Å². The fourth-order valence-electron chi connectivity index (χ4n) is 3.06. The molecule has 0 aliphatic rings. The van der Waals surface area contributed by atoms with Gasteiger partial charge in [0.2, 0.25) is 0 Å². The quantitative estimate of drug-likeness (QED) is 0.619. The van der Waals surface area contributed by atoms with Gasteiger partial charge in [-0.2, -0.15) is 0 Å². The molecule has 3 rings (SSSR count). The standard InChI is InChI=1S/C21H26N4O/c1-4-16(5-2)23-12-15-9-10-21(26-3)20(11-15)25-19-8-6-7-18-17(19)13-22-14-24-18/h6-11,13-14,16,23,25H,4-5,12H2,1-3H3. The summed E-state index contributed by atoms with van der Waals surface area (Å²) >= 11 is 0. The molecule has 0 saturated heterocycles. The molecule has 0 aliphatic heterocycles. The maximum Gasteiger partial charge on any atom is 0.142 e. The zero-order chi connectivity index (χ0) is 18.4. The number of nitrogens with one attached hydrogen (secondary N) is 2. The minimum absolute atomic E-state index is 0.545. The second kappa shape index (κ2) is 8.63. The normalized spacial score (nSPS) is 11.1. The van der Waals surface area contributed by atoms with Crippen molar-refractivity contribution in [1.29, 1.82) is 0 Å². The Hall–Kier alpha value is -2.66. The summed E-state index contributed by atoms with van der Waals surface area (Å²) in [5, 5.41) is 8.08. The van der Waals surface area contributed by atoms with Gasteiger partial charge in [-0.1, -0.05) is 26.0 Å². The van der Waals surface area contributed by atoms with E-state index in [9.17, 15) is 0 Å². The number of ether oxygens (including phenoxy) is 1. The first-order valence-corrected chi connectivity index (χ1v) is 9.11. The predicted octanol–water partition coefficient (Wildman–Crippen LogP) is 4.66. The van der Waals surface area contributed by atoms with Crippen molar-refractivity contribution in [3.63, 3.8) is 0 Å². The summed E-state index contributed by atoms with van der Waals surface area (Å²) in [4.78, 5) is 8.47. The van der Waals surface area contributed by atoms with Crippen molar-refractivity contribution in [2.24, 2.45) is 0 Å². The highest BCUT2D eigenvalue weighted by Gasteiger charge is 2.09. The maximum absolute atomic E-state index is 5.54. The summed E-state index contributed by atoms with van der Waals surface area (Å²) < 4.78 is 5.54. The number of benzene rings is 2. The number of methoxy groups -OCH3 is 1. The van der Waals surface area contributed by atoms with E-state index in [1.165, 1.54) is 5.56 Å². The Morgan fingerprint density at radius 2 is 1.92 bits per heavy atom. The minimum atomic E-state index is 0.545. The Labute approximate surface area is 154 Å². The monoisotopic (exact) mass is 350 g/mol. The van der Waals surface area contributed by atoms with Gasteiger partial charge in [0.15, 0.2) is 0 Å². The third-order valence-electron chi connectivity index (χ3n) is 4.66. The Kier molecular flexibility index (Phi) is 6.02. The lowest BCUT2D eigenvalue weighted by molar-refractivity contribution is 0.416. The molecule has 2 aromatic carbocycles. The van der Waals surface area contributed by atoms with Gasteiger partial charge in [-0.3, -0.25) is 0 Å². The van der Waals surface area contributed by atoms with Crippen LogP contribution in [0.1, 0.15) is 32.3 Å². The summed E-state index contributed by atoms with van der Waals surface area (Å²) in [7, 11) is 1.69. The van der Waals surface area contributed by atoms with Crippen LogP contribution in [-0.4, -0.2) is 23.1 Å². The van der Waals surface area contributed by atoms with Gasteiger partial charge in [0, 0.05) is 29.9 Å². The lowest BCUT2D eigenvalue weighted by Crippen LogP contribution is -2.26. The van der Waals surface area contributed by atoms with E-state index >= 15 is 0 Å². The molecule has 0 fully saturated rings. The lowest BCUT2D eigenvalue weighted by atomic mass is 10.1. The van der Waals surface area contributed by atoms with Gasteiger partial charge in [-0.15, -0.1) is 0 Å². The van der Waals surface area contributed by atoms with Crippen molar-refractivity contribution >= 4 is 22.3 Å².